The number of likely N-dealkylation sites (tertiary alicyclic amines) is 1. The van der Waals surface area contributed by atoms with Crippen LogP contribution in [0.3, 0.4) is 0 Å². The van der Waals surface area contributed by atoms with Gasteiger partial charge in [-0.25, -0.2) is 0 Å². The summed E-state index contributed by atoms with van der Waals surface area (Å²) >= 11 is 3.63. The lowest BCUT2D eigenvalue weighted by molar-refractivity contribution is -0.126. The number of nitrogens with zero attached hydrogens (tertiary/aromatic N) is 3. The number of carbonyl (C=O) groups excluding carboxylic acids is 3. The molecule has 0 N–H and O–H groups in total. The molecule has 2 aromatic rings. The summed E-state index contributed by atoms with van der Waals surface area (Å²) in [5.74, 6) is -0.137. The van der Waals surface area contributed by atoms with Crippen molar-refractivity contribution in [1.82, 2.24) is 4.90 Å². The average molecular weight is 496 g/mol. The molecule has 7 heteroatoms. The summed E-state index contributed by atoms with van der Waals surface area (Å²) in [6.45, 7) is 4.51. The zero-order valence-corrected chi connectivity index (χ0v) is 20.1. The minimum atomic E-state index is -0.713. The first-order valence-electron chi connectivity index (χ1n) is 10.7. The molecule has 0 unspecified atom stereocenters. The lowest BCUT2D eigenvalue weighted by atomic mass is 9.73. The number of aryl methyl sites for hydroxylation is 1. The first-order valence-corrected chi connectivity index (χ1v) is 11.5. The molecule has 2 aliphatic heterocycles. The van der Waals surface area contributed by atoms with Crippen LogP contribution in [0.1, 0.15) is 46.8 Å². The molecule has 166 valence electrons. The summed E-state index contributed by atoms with van der Waals surface area (Å²) in [5.41, 5.74) is 3.63. The number of hydrogen-bond donors (Lipinski definition) is 0. The number of halogens is 1. The van der Waals surface area contributed by atoms with Gasteiger partial charge < -0.3 is 9.80 Å². The van der Waals surface area contributed by atoms with Crippen LogP contribution in [0.5, 0.6) is 0 Å². The van der Waals surface area contributed by atoms with E-state index in [2.05, 4.69) is 20.9 Å². The fourth-order valence-corrected chi connectivity index (χ4v) is 5.59. The van der Waals surface area contributed by atoms with Crippen molar-refractivity contribution in [3.8, 4) is 0 Å². The Hall–Kier alpha value is -2.80. The summed E-state index contributed by atoms with van der Waals surface area (Å²) in [7, 11) is 1.71. The maximum atomic E-state index is 13.6. The third-order valence-corrected chi connectivity index (χ3v) is 7.16. The normalized spacial score (nSPS) is 17.3. The van der Waals surface area contributed by atoms with Crippen LogP contribution >= 0.6 is 15.9 Å². The molecule has 1 saturated heterocycles. The van der Waals surface area contributed by atoms with E-state index >= 15 is 0 Å². The number of ketones is 1. The molecule has 0 aliphatic carbocycles. The van der Waals surface area contributed by atoms with Crippen molar-refractivity contribution < 1.29 is 14.4 Å². The predicted octanol–water partition coefficient (Wildman–Crippen LogP) is 3.92. The van der Waals surface area contributed by atoms with Crippen LogP contribution in [-0.2, 0) is 15.0 Å². The van der Waals surface area contributed by atoms with Gasteiger partial charge in [0.15, 0.2) is 0 Å². The fourth-order valence-electron chi connectivity index (χ4n) is 4.86. The molecule has 1 fully saturated rings. The second kappa shape index (κ2) is 8.62. The van der Waals surface area contributed by atoms with Crippen LogP contribution in [0.4, 0.5) is 5.69 Å². The Morgan fingerprint density at radius 1 is 1.19 bits per heavy atom. The Balaban J connectivity index is 1.60. The number of benzene rings is 2. The molecule has 0 aromatic heterocycles. The number of hydrogen-bond acceptors (Lipinski definition) is 4. The monoisotopic (exact) mass is 495 g/mol. The van der Waals surface area contributed by atoms with E-state index in [9.17, 15) is 14.4 Å². The minimum Gasteiger partial charge on any atom is -0.339 e. The Morgan fingerprint density at radius 3 is 2.56 bits per heavy atom. The van der Waals surface area contributed by atoms with E-state index in [4.69, 9.17) is 0 Å². The van der Waals surface area contributed by atoms with Crippen molar-refractivity contribution in [2.24, 2.45) is 4.99 Å². The van der Waals surface area contributed by atoms with Crippen molar-refractivity contribution in [3.63, 3.8) is 0 Å². The van der Waals surface area contributed by atoms with Gasteiger partial charge in [-0.1, -0.05) is 28.1 Å². The highest BCUT2D eigenvalue weighted by atomic mass is 79.9. The smallest absolute Gasteiger partial charge is 0.253 e. The lowest BCUT2D eigenvalue weighted by Crippen LogP contribution is -2.50. The van der Waals surface area contributed by atoms with E-state index < -0.39 is 5.41 Å². The maximum absolute atomic E-state index is 13.6. The summed E-state index contributed by atoms with van der Waals surface area (Å²) in [6.07, 6.45) is 2.81. The highest BCUT2D eigenvalue weighted by Gasteiger charge is 2.53. The van der Waals surface area contributed by atoms with E-state index in [-0.39, 0.29) is 24.1 Å². The minimum absolute atomic E-state index is 0.0380. The third kappa shape index (κ3) is 3.68. The van der Waals surface area contributed by atoms with Gasteiger partial charge in [0, 0.05) is 47.6 Å². The van der Waals surface area contributed by atoms with Gasteiger partial charge in [0.25, 0.3) is 5.91 Å². The van der Waals surface area contributed by atoms with Crippen LogP contribution < -0.4 is 4.90 Å². The average Bonchev–Trinajstić information content (AvgIpc) is 2.99. The van der Waals surface area contributed by atoms with Gasteiger partial charge in [-0.2, -0.15) is 0 Å². The van der Waals surface area contributed by atoms with Gasteiger partial charge in [-0.15, -0.1) is 0 Å². The van der Waals surface area contributed by atoms with Crippen LogP contribution in [0.25, 0.3) is 0 Å². The molecule has 0 radical (unpaired) electrons. The highest BCUT2D eigenvalue weighted by molar-refractivity contribution is 9.10. The van der Waals surface area contributed by atoms with Crippen LogP contribution in [0, 0.1) is 6.92 Å². The molecule has 2 heterocycles. The molecule has 2 amide bonds. The SMILES string of the molecule is C/N=C\c1cc(C(=O)N2CCC3(CC2)C(=O)N(CC(C)=O)c2cccc(Br)c23)ccc1C. The second-order valence-electron chi connectivity index (χ2n) is 8.56. The molecule has 0 bridgehead atoms. The zero-order valence-electron chi connectivity index (χ0n) is 18.5. The number of rotatable bonds is 4. The largest absolute Gasteiger partial charge is 0.339 e. The molecule has 0 saturated carbocycles. The predicted molar refractivity (Wildman–Crippen MR) is 129 cm³/mol. The molecule has 1 spiro atoms. The number of amides is 2. The second-order valence-corrected chi connectivity index (χ2v) is 9.41. The molecule has 0 atom stereocenters. The highest BCUT2D eigenvalue weighted by Crippen LogP contribution is 2.50. The topological polar surface area (TPSA) is 70.1 Å². The van der Waals surface area contributed by atoms with Gasteiger partial charge >= 0.3 is 0 Å². The van der Waals surface area contributed by atoms with Crippen molar-refractivity contribution >= 4 is 45.4 Å². The van der Waals surface area contributed by atoms with E-state index in [1.807, 2.05) is 48.2 Å². The third-order valence-electron chi connectivity index (χ3n) is 6.49. The molecule has 4 rings (SSSR count). The zero-order chi connectivity index (χ0) is 23.0. The number of anilines is 1. The maximum Gasteiger partial charge on any atom is 0.253 e. The Labute approximate surface area is 196 Å². The van der Waals surface area contributed by atoms with E-state index in [1.165, 1.54) is 6.92 Å². The van der Waals surface area contributed by atoms with Crippen molar-refractivity contribution in [3.05, 3.63) is 63.1 Å². The standard InChI is InChI=1S/C25H26BrN3O3/c1-16-7-8-18(13-19(16)14-27-3)23(31)28-11-9-25(10-12-28)22-20(26)5-4-6-21(22)29(24(25)32)15-17(2)30/h4-8,13-14H,9-12,15H2,1-3H3/b27-14-. The number of Topliss-reactive ketones (excluding diaryl/α,β-unsaturated/α-hetero) is 1. The summed E-state index contributed by atoms with van der Waals surface area (Å²) in [5, 5.41) is 0. The molecular weight excluding hydrogens is 470 g/mol. The van der Waals surface area contributed by atoms with Crippen LogP contribution in [0.15, 0.2) is 45.9 Å². The van der Waals surface area contributed by atoms with Crippen molar-refractivity contribution in [1.29, 1.82) is 0 Å². The van der Waals surface area contributed by atoms with Gasteiger partial charge in [0.1, 0.15) is 5.78 Å². The summed E-state index contributed by atoms with van der Waals surface area (Å²) < 4.78 is 0.871. The van der Waals surface area contributed by atoms with Gasteiger partial charge in [0.2, 0.25) is 5.91 Å². The number of piperidine rings is 1. The van der Waals surface area contributed by atoms with Crippen LogP contribution in [0.2, 0.25) is 0 Å². The summed E-state index contributed by atoms with van der Waals surface area (Å²) in [4.78, 5) is 46.1. The molecule has 32 heavy (non-hydrogen) atoms. The van der Waals surface area contributed by atoms with E-state index in [1.54, 1.807) is 18.2 Å². The lowest BCUT2D eigenvalue weighted by Gasteiger charge is -2.39. The van der Waals surface area contributed by atoms with Gasteiger partial charge in [0.05, 0.1) is 12.0 Å². The summed E-state index contributed by atoms with van der Waals surface area (Å²) in [6, 6.07) is 11.4. The van der Waals surface area contributed by atoms with Gasteiger partial charge in [-0.05, 0) is 62.1 Å². The number of carbonyl (C=O) groups is 3. The number of aliphatic imine (C=N–C) groups is 1. The molecular formula is C25H26BrN3O3. The first kappa shape index (κ1) is 22.4. The van der Waals surface area contributed by atoms with E-state index in [0.717, 1.165) is 26.9 Å². The fraction of sp³-hybridized carbons (Fsp3) is 0.360. The molecule has 2 aliphatic rings. The quantitative estimate of drug-likeness (QED) is 0.603. The van der Waals surface area contributed by atoms with E-state index in [0.29, 0.717) is 31.5 Å². The van der Waals surface area contributed by atoms with Crippen molar-refractivity contribution in [2.45, 2.75) is 32.1 Å². The Kier molecular flexibility index (Phi) is 6.03. The molecule has 6 nitrogen and oxygen atoms in total. The van der Waals surface area contributed by atoms with Crippen molar-refractivity contribution in [2.75, 3.05) is 31.6 Å². The number of fused-ring (bicyclic) bond motifs is 2. The Bertz CT molecular complexity index is 1130. The van der Waals surface area contributed by atoms with Crippen LogP contribution in [-0.4, -0.2) is 55.4 Å². The first-order chi connectivity index (χ1) is 15.3. The molecule has 2 aromatic carbocycles. The van der Waals surface area contributed by atoms with Gasteiger partial charge in [-0.3, -0.25) is 19.4 Å². The Morgan fingerprint density at radius 2 is 1.91 bits per heavy atom.